The number of benzene rings is 1. The lowest BCUT2D eigenvalue weighted by atomic mass is 9.73. The Hall–Kier alpha value is -0.780. The van der Waals surface area contributed by atoms with Crippen LogP contribution in [0.15, 0.2) is 30.3 Å². The molecule has 3 rings (SSSR count). The lowest BCUT2D eigenvalue weighted by molar-refractivity contribution is 0.233. The topological polar surface area (TPSA) is 0 Å². The quantitative estimate of drug-likeness (QED) is 0.674. The van der Waals surface area contributed by atoms with Crippen LogP contribution in [0, 0.1) is 17.3 Å². The zero-order valence-corrected chi connectivity index (χ0v) is 10.4. The van der Waals surface area contributed by atoms with Gasteiger partial charge in [0.15, 0.2) is 0 Å². The predicted octanol–water partition coefficient (Wildman–Crippen LogP) is 4.62. The highest BCUT2D eigenvalue weighted by atomic mass is 14.6. The van der Waals surface area contributed by atoms with E-state index in [1.807, 2.05) is 0 Å². The third kappa shape index (κ3) is 1.43. The minimum atomic E-state index is 0.721. The Morgan fingerprint density at radius 2 is 1.94 bits per heavy atom. The van der Waals surface area contributed by atoms with Crippen molar-refractivity contribution in [1.29, 1.82) is 0 Å². The van der Waals surface area contributed by atoms with Gasteiger partial charge in [-0.25, -0.2) is 0 Å². The van der Waals surface area contributed by atoms with Crippen LogP contribution in [-0.2, 0) is 0 Å². The van der Waals surface area contributed by atoms with Gasteiger partial charge in [-0.05, 0) is 48.0 Å². The largest absolute Gasteiger partial charge is 0.0622 e. The molecular weight excluding hydrogens is 192 g/mol. The molecule has 86 valence electrons. The van der Waals surface area contributed by atoms with Gasteiger partial charge in [-0.1, -0.05) is 50.6 Å². The smallest absolute Gasteiger partial charge is 0.0128 e. The molecule has 3 atom stereocenters. The first-order valence-electron chi connectivity index (χ1n) is 6.79. The van der Waals surface area contributed by atoms with Gasteiger partial charge in [0.1, 0.15) is 0 Å². The fourth-order valence-corrected chi connectivity index (χ4v) is 4.08. The van der Waals surface area contributed by atoms with Crippen molar-refractivity contribution in [3.63, 3.8) is 0 Å². The van der Waals surface area contributed by atoms with Gasteiger partial charge in [-0.2, -0.15) is 0 Å². The van der Waals surface area contributed by atoms with Crippen LogP contribution in [0.4, 0.5) is 0 Å². The molecule has 0 heteroatoms. The second-order valence-corrected chi connectivity index (χ2v) is 6.11. The van der Waals surface area contributed by atoms with Gasteiger partial charge in [0.2, 0.25) is 0 Å². The molecule has 0 N–H and O–H groups in total. The summed E-state index contributed by atoms with van der Waals surface area (Å²) >= 11 is 0. The van der Waals surface area contributed by atoms with Gasteiger partial charge in [-0.3, -0.25) is 0 Å². The molecule has 0 spiro atoms. The van der Waals surface area contributed by atoms with Crippen LogP contribution in [0.1, 0.15) is 51.0 Å². The zero-order chi connectivity index (χ0) is 11.2. The molecule has 1 unspecified atom stereocenters. The van der Waals surface area contributed by atoms with E-state index in [0.29, 0.717) is 0 Å². The maximum Gasteiger partial charge on any atom is -0.0128 e. The van der Waals surface area contributed by atoms with Crippen LogP contribution in [0.2, 0.25) is 0 Å². The highest BCUT2D eigenvalue weighted by Crippen LogP contribution is 2.69. The number of rotatable bonds is 2. The fourth-order valence-electron chi connectivity index (χ4n) is 4.08. The molecule has 0 nitrogen and oxygen atoms in total. The molecule has 0 aromatic heterocycles. The Kier molecular flexibility index (Phi) is 2.34. The molecule has 16 heavy (non-hydrogen) atoms. The first-order chi connectivity index (χ1) is 7.74. The van der Waals surface area contributed by atoms with E-state index in [9.17, 15) is 0 Å². The van der Waals surface area contributed by atoms with E-state index in [-0.39, 0.29) is 0 Å². The Balaban J connectivity index is 1.84. The van der Waals surface area contributed by atoms with Crippen LogP contribution >= 0.6 is 0 Å². The van der Waals surface area contributed by atoms with E-state index in [2.05, 4.69) is 44.2 Å². The van der Waals surface area contributed by atoms with Crippen molar-refractivity contribution in [3.05, 3.63) is 35.9 Å². The van der Waals surface area contributed by atoms with Gasteiger partial charge in [0.05, 0.1) is 0 Å². The summed E-state index contributed by atoms with van der Waals surface area (Å²) in [5.74, 6) is 2.73. The second-order valence-electron chi connectivity index (χ2n) is 6.11. The van der Waals surface area contributed by atoms with Crippen molar-refractivity contribution >= 4 is 0 Å². The summed E-state index contributed by atoms with van der Waals surface area (Å²) in [7, 11) is 0. The molecule has 2 fully saturated rings. The van der Waals surface area contributed by atoms with Crippen molar-refractivity contribution in [2.75, 3.05) is 0 Å². The van der Waals surface area contributed by atoms with Gasteiger partial charge in [-0.15, -0.1) is 0 Å². The molecule has 0 saturated heterocycles. The third-order valence-electron chi connectivity index (χ3n) is 5.20. The highest BCUT2D eigenvalue weighted by Gasteiger charge is 2.60. The monoisotopic (exact) mass is 214 g/mol. The summed E-state index contributed by atoms with van der Waals surface area (Å²) in [6.45, 7) is 4.85. The first kappa shape index (κ1) is 10.4. The number of hydrogen-bond acceptors (Lipinski definition) is 0. The van der Waals surface area contributed by atoms with E-state index in [4.69, 9.17) is 0 Å². The number of fused-ring (bicyclic) bond motifs is 1. The lowest BCUT2D eigenvalue weighted by Gasteiger charge is -2.31. The Morgan fingerprint density at radius 3 is 2.62 bits per heavy atom. The minimum Gasteiger partial charge on any atom is -0.0622 e. The molecule has 1 aromatic carbocycles. The van der Waals surface area contributed by atoms with Crippen LogP contribution in [0.5, 0.6) is 0 Å². The summed E-state index contributed by atoms with van der Waals surface area (Å²) in [6.07, 6.45) is 5.83. The normalized spacial score (nSPS) is 37.2. The van der Waals surface area contributed by atoms with Crippen LogP contribution in [-0.4, -0.2) is 0 Å². The standard InChI is InChI=1S/C16H22/c1-12(2)16-10-6-9-14(15(16)11-16)13-7-4-3-5-8-13/h3-5,7-8,12,14-15H,6,9-11H2,1-2H3/t14-,15?,16-/m1/s1. The third-order valence-corrected chi connectivity index (χ3v) is 5.20. The lowest BCUT2D eigenvalue weighted by Crippen LogP contribution is -2.21. The van der Waals surface area contributed by atoms with Gasteiger partial charge in [0.25, 0.3) is 0 Å². The second kappa shape index (κ2) is 3.61. The maximum absolute atomic E-state index is 2.42. The zero-order valence-electron chi connectivity index (χ0n) is 10.4. The first-order valence-corrected chi connectivity index (χ1v) is 6.79. The van der Waals surface area contributed by atoms with Gasteiger partial charge < -0.3 is 0 Å². The van der Waals surface area contributed by atoms with Gasteiger partial charge >= 0.3 is 0 Å². The van der Waals surface area contributed by atoms with Crippen LogP contribution < -0.4 is 0 Å². The number of hydrogen-bond donors (Lipinski definition) is 0. The molecule has 0 amide bonds. The Morgan fingerprint density at radius 1 is 1.19 bits per heavy atom. The molecule has 0 aliphatic heterocycles. The van der Waals surface area contributed by atoms with Crippen LogP contribution in [0.25, 0.3) is 0 Å². The van der Waals surface area contributed by atoms with Crippen molar-refractivity contribution in [2.24, 2.45) is 17.3 Å². The minimum absolute atomic E-state index is 0.721. The summed E-state index contributed by atoms with van der Waals surface area (Å²) < 4.78 is 0. The van der Waals surface area contributed by atoms with E-state index < -0.39 is 0 Å². The predicted molar refractivity (Wildman–Crippen MR) is 68.4 cm³/mol. The molecular formula is C16H22. The van der Waals surface area contributed by atoms with Crippen molar-refractivity contribution in [1.82, 2.24) is 0 Å². The Labute approximate surface area is 99.1 Å². The molecule has 2 saturated carbocycles. The molecule has 0 radical (unpaired) electrons. The molecule has 1 aromatic rings. The highest BCUT2D eigenvalue weighted by molar-refractivity contribution is 5.26. The van der Waals surface area contributed by atoms with Crippen molar-refractivity contribution < 1.29 is 0 Å². The summed E-state index contributed by atoms with van der Waals surface area (Å²) in [5.41, 5.74) is 2.31. The summed E-state index contributed by atoms with van der Waals surface area (Å²) in [6, 6.07) is 11.2. The molecule has 2 aliphatic carbocycles. The van der Waals surface area contributed by atoms with E-state index in [1.165, 1.54) is 25.7 Å². The molecule has 0 bridgehead atoms. The average molecular weight is 214 g/mol. The molecule has 0 heterocycles. The van der Waals surface area contributed by atoms with Crippen LogP contribution in [0.3, 0.4) is 0 Å². The Bertz CT molecular complexity index is 365. The van der Waals surface area contributed by atoms with E-state index in [1.54, 1.807) is 5.56 Å². The van der Waals surface area contributed by atoms with Crippen molar-refractivity contribution in [3.8, 4) is 0 Å². The van der Waals surface area contributed by atoms with E-state index >= 15 is 0 Å². The maximum atomic E-state index is 2.42. The molecule has 2 aliphatic rings. The van der Waals surface area contributed by atoms with E-state index in [0.717, 1.165) is 23.2 Å². The SMILES string of the molecule is CC(C)[C@]12CCC[C@H](c3ccccc3)C1C2. The average Bonchev–Trinajstić information content (AvgIpc) is 3.05. The van der Waals surface area contributed by atoms with Gasteiger partial charge in [0, 0.05) is 0 Å². The van der Waals surface area contributed by atoms with Crippen molar-refractivity contribution in [2.45, 2.75) is 45.4 Å². The summed E-state index contributed by atoms with van der Waals surface area (Å²) in [5, 5.41) is 0. The fraction of sp³-hybridized carbons (Fsp3) is 0.625. The summed E-state index contributed by atoms with van der Waals surface area (Å²) in [4.78, 5) is 0.